The first kappa shape index (κ1) is 28.7. The van der Waals surface area contributed by atoms with Crippen molar-refractivity contribution in [2.45, 2.75) is 44.5 Å². The Bertz CT molecular complexity index is 1220. The summed E-state index contributed by atoms with van der Waals surface area (Å²) in [4.78, 5) is 38.1. The maximum atomic E-state index is 14.9. The number of aliphatic hydroxyl groups is 1. The van der Waals surface area contributed by atoms with Crippen molar-refractivity contribution in [3.8, 4) is 5.75 Å². The predicted molar refractivity (Wildman–Crippen MR) is 127 cm³/mol. The van der Waals surface area contributed by atoms with Crippen LogP contribution in [0.5, 0.6) is 5.75 Å². The number of esters is 1. The predicted octanol–water partition coefficient (Wildman–Crippen LogP) is 0.813. The smallest absolute Gasteiger partial charge is 0.459 e. The average Bonchev–Trinajstić information content (AvgIpc) is 3.14. The second kappa shape index (κ2) is 12.6. The molecule has 0 bridgehead atoms. The van der Waals surface area contributed by atoms with Crippen molar-refractivity contribution in [2.75, 3.05) is 26.9 Å². The van der Waals surface area contributed by atoms with E-state index in [0.29, 0.717) is 0 Å². The highest BCUT2D eigenvalue weighted by atomic mass is 31.2. The lowest BCUT2D eigenvalue weighted by molar-refractivity contribution is -0.146. The number of carbonyl (C=O) groups is 1. The van der Waals surface area contributed by atoms with E-state index in [4.69, 9.17) is 23.3 Å². The third-order valence-corrected chi connectivity index (χ3v) is 6.97. The molecule has 13 nitrogen and oxygen atoms in total. The van der Waals surface area contributed by atoms with E-state index in [1.807, 2.05) is 4.98 Å². The molecule has 1 aromatic carbocycles. The number of rotatable bonds is 12. The number of aliphatic hydroxyl groups excluding tert-OH is 1. The van der Waals surface area contributed by atoms with E-state index in [2.05, 4.69) is 5.09 Å². The highest BCUT2D eigenvalue weighted by molar-refractivity contribution is 7.52. The maximum absolute atomic E-state index is 14.9. The fourth-order valence-electron chi connectivity index (χ4n) is 3.36. The number of alkyl halides is 1. The van der Waals surface area contributed by atoms with Crippen LogP contribution in [0.4, 0.5) is 4.39 Å². The Morgan fingerprint density at radius 3 is 2.68 bits per heavy atom. The number of para-hydroxylation sites is 1. The summed E-state index contributed by atoms with van der Waals surface area (Å²) in [6.45, 7) is 2.28. The minimum Gasteiger partial charge on any atom is -0.462 e. The third kappa shape index (κ3) is 7.34. The third-order valence-electron chi connectivity index (χ3n) is 5.33. The summed E-state index contributed by atoms with van der Waals surface area (Å²) in [7, 11) is -2.88. The van der Waals surface area contributed by atoms with Crippen LogP contribution in [0, 0.1) is 6.92 Å². The maximum Gasteiger partial charge on any atom is 0.459 e. The lowest BCUT2D eigenvalue weighted by atomic mass is 10.1. The first-order chi connectivity index (χ1) is 17.5. The van der Waals surface area contributed by atoms with Gasteiger partial charge in [-0.2, -0.15) is 5.09 Å². The van der Waals surface area contributed by atoms with Gasteiger partial charge in [0.15, 0.2) is 12.4 Å². The van der Waals surface area contributed by atoms with Gasteiger partial charge in [-0.05, 0) is 26.0 Å². The zero-order valence-corrected chi connectivity index (χ0v) is 21.3. The second-order valence-corrected chi connectivity index (χ2v) is 9.88. The monoisotopic (exact) mass is 545 g/mol. The van der Waals surface area contributed by atoms with Crippen LogP contribution in [-0.4, -0.2) is 72.0 Å². The van der Waals surface area contributed by atoms with Crippen molar-refractivity contribution < 1.29 is 42.1 Å². The molecule has 1 aromatic heterocycles. The molecule has 3 N–H and O–H groups in total. The first-order valence-corrected chi connectivity index (χ1v) is 12.8. The number of aromatic nitrogens is 2. The Hall–Kier alpha value is -2.87. The number of benzene rings is 1. The van der Waals surface area contributed by atoms with Crippen molar-refractivity contribution in [3.05, 3.63) is 62.9 Å². The van der Waals surface area contributed by atoms with Gasteiger partial charge in [0, 0.05) is 18.9 Å². The lowest BCUT2D eigenvalue weighted by Crippen LogP contribution is -2.37. The zero-order chi connectivity index (χ0) is 27.2. The van der Waals surface area contributed by atoms with E-state index in [1.165, 1.54) is 33.1 Å². The number of carbonyl (C=O) groups excluding carboxylic acids is 1. The van der Waals surface area contributed by atoms with Crippen LogP contribution in [0.3, 0.4) is 0 Å². The van der Waals surface area contributed by atoms with Crippen LogP contribution in [-0.2, 0) is 28.1 Å². The van der Waals surface area contributed by atoms with Gasteiger partial charge in [0.2, 0.25) is 0 Å². The Balaban J connectivity index is 1.74. The SMILES string of the molecule is COCCOC(=O)[C@H](C)N[P@](=O)(OC[C@@H]1O[C@H](n2cc(C)c(=O)[nH]c2=O)[C@H](F)[C@H]1O)Oc1ccccc1. The molecule has 204 valence electrons. The molecular formula is C22H29FN3O10P. The molecule has 15 heteroatoms. The number of nitrogens with zero attached hydrogens (tertiary/aromatic N) is 1. The summed E-state index contributed by atoms with van der Waals surface area (Å²) in [5.41, 5.74) is -1.45. The molecular weight excluding hydrogens is 516 g/mol. The van der Waals surface area contributed by atoms with E-state index in [9.17, 15) is 28.4 Å². The van der Waals surface area contributed by atoms with Gasteiger partial charge in [-0.15, -0.1) is 0 Å². The minimum absolute atomic E-state index is 0.0307. The summed E-state index contributed by atoms with van der Waals surface area (Å²) in [6.07, 6.45) is -5.70. The summed E-state index contributed by atoms with van der Waals surface area (Å²) in [5, 5.41) is 12.8. The molecule has 3 rings (SSSR count). The minimum atomic E-state index is -4.32. The van der Waals surface area contributed by atoms with Crippen LogP contribution < -0.4 is 20.9 Å². The molecule has 0 amide bonds. The Morgan fingerprint density at radius 2 is 2.00 bits per heavy atom. The number of hydrogen-bond acceptors (Lipinski definition) is 10. The molecule has 6 atom stereocenters. The van der Waals surface area contributed by atoms with Crippen LogP contribution in [0.2, 0.25) is 0 Å². The number of ether oxygens (including phenoxy) is 3. The molecule has 2 aromatic rings. The van der Waals surface area contributed by atoms with Crippen molar-refractivity contribution in [2.24, 2.45) is 0 Å². The van der Waals surface area contributed by atoms with Crippen molar-refractivity contribution in [1.29, 1.82) is 0 Å². The van der Waals surface area contributed by atoms with Crippen LogP contribution in [0.1, 0.15) is 18.7 Å². The normalized spacial score (nSPS) is 23.8. The number of hydrogen-bond donors (Lipinski definition) is 3. The van der Waals surface area contributed by atoms with Crippen LogP contribution in [0.25, 0.3) is 0 Å². The van der Waals surface area contributed by atoms with E-state index >= 15 is 0 Å². The molecule has 2 heterocycles. The van der Waals surface area contributed by atoms with Crippen molar-refractivity contribution in [1.82, 2.24) is 14.6 Å². The highest BCUT2D eigenvalue weighted by Gasteiger charge is 2.47. The summed E-state index contributed by atoms with van der Waals surface area (Å²) >= 11 is 0. The molecule has 1 saturated heterocycles. The summed E-state index contributed by atoms with van der Waals surface area (Å²) in [5.74, 6) is -0.617. The van der Waals surface area contributed by atoms with Crippen molar-refractivity contribution in [3.63, 3.8) is 0 Å². The highest BCUT2D eigenvalue weighted by Crippen LogP contribution is 2.46. The molecule has 0 saturated carbocycles. The fraction of sp³-hybridized carbons (Fsp3) is 0.500. The molecule has 37 heavy (non-hydrogen) atoms. The van der Waals surface area contributed by atoms with Crippen LogP contribution >= 0.6 is 7.75 Å². The van der Waals surface area contributed by atoms with E-state index in [1.54, 1.807) is 18.2 Å². The van der Waals surface area contributed by atoms with E-state index in [-0.39, 0.29) is 24.5 Å². The Morgan fingerprint density at radius 1 is 1.30 bits per heavy atom. The molecule has 0 aliphatic carbocycles. The average molecular weight is 545 g/mol. The Kier molecular flexibility index (Phi) is 9.76. The summed E-state index contributed by atoms with van der Waals surface area (Å²) < 4.78 is 55.5. The quantitative estimate of drug-likeness (QED) is 0.196. The van der Waals surface area contributed by atoms with Gasteiger partial charge >= 0.3 is 19.4 Å². The number of methoxy groups -OCH3 is 1. The number of nitrogens with one attached hydrogen (secondary N) is 2. The van der Waals surface area contributed by atoms with Gasteiger partial charge in [0.1, 0.15) is 30.6 Å². The second-order valence-electron chi connectivity index (χ2n) is 8.19. The fourth-order valence-corrected chi connectivity index (χ4v) is 4.86. The Labute approximate surface area is 211 Å². The number of halogens is 1. The molecule has 0 unspecified atom stereocenters. The van der Waals surface area contributed by atoms with Gasteiger partial charge in [-0.3, -0.25) is 23.7 Å². The molecule has 0 spiro atoms. The molecule has 1 aliphatic rings. The molecule has 1 fully saturated rings. The molecule has 0 radical (unpaired) electrons. The molecule has 1 aliphatic heterocycles. The van der Waals surface area contributed by atoms with Gasteiger partial charge in [-0.25, -0.2) is 13.8 Å². The number of aryl methyl sites for hydroxylation is 1. The van der Waals surface area contributed by atoms with Gasteiger partial charge in [0.25, 0.3) is 5.56 Å². The largest absolute Gasteiger partial charge is 0.462 e. The first-order valence-electron chi connectivity index (χ1n) is 11.3. The zero-order valence-electron chi connectivity index (χ0n) is 20.4. The van der Waals surface area contributed by atoms with Crippen molar-refractivity contribution >= 4 is 13.7 Å². The van der Waals surface area contributed by atoms with Crippen LogP contribution in [0.15, 0.2) is 46.1 Å². The summed E-state index contributed by atoms with van der Waals surface area (Å²) in [6, 6.07) is 6.79. The van der Waals surface area contributed by atoms with Gasteiger partial charge < -0.3 is 23.8 Å². The lowest BCUT2D eigenvalue weighted by Gasteiger charge is -2.24. The standard InChI is InChI=1S/C22H29FN3O10P/c1-13-11-26(22(30)24-19(13)28)20-17(23)18(27)16(35-20)12-34-37(31,36-15-7-5-4-6-8-15)25-14(2)21(29)33-10-9-32-3/h4-8,11,14,16-18,20,27H,9-10,12H2,1-3H3,(H,25,31)(H,24,28,30)/t14-,16-,17+,18-,20-,37-/m0/s1. The topological polar surface area (TPSA) is 167 Å². The van der Waals surface area contributed by atoms with Gasteiger partial charge in [0.05, 0.1) is 13.2 Å². The number of H-pyrrole nitrogens is 1. The number of aromatic amines is 1. The van der Waals surface area contributed by atoms with Gasteiger partial charge in [-0.1, -0.05) is 18.2 Å². The van der Waals surface area contributed by atoms with E-state index in [0.717, 1.165) is 10.8 Å². The van der Waals surface area contributed by atoms with E-state index < -0.39 is 62.2 Å².